The number of carbonyl (C=O) groups is 1. The predicted octanol–water partition coefficient (Wildman–Crippen LogP) is 1.21. The van der Waals surface area contributed by atoms with Gasteiger partial charge in [-0.3, -0.25) is 14.8 Å². The number of aliphatic hydroxyl groups is 1. The van der Waals surface area contributed by atoms with Gasteiger partial charge < -0.3 is 15.3 Å². The average molecular weight is 351 g/mol. The molecule has 0 spiro atoms. The number of aromatic nitrogens is 2. The number of benzene rings is 1. The smallest absolute Gasteiger partial charge is 0.249 e. The van der Waals surface area contributed by atoms with Crippen LogP contribution in [-0.4, -0.2) is 46.2 Å². The van der Waals surface area contributed by atoms with Crippen molar-refractivity contribution in [3.63, 3.8) is 0 Å². The number of nitrogens with one attached hydrogen (secondary N) is 1. The Morgan fingerprint density at radius 3 is 2.73 bits per heavy atom. The molecule has 7 heteroatoms. The Labute approximate surface area is 151 Å². The largest absolute Gasteiger partial charge is 0.383 e. The van der Waals surface area contributed by atoms with Crippen LogP contribution in [0.1, 0.15) is 25.3 Å². The fourth-order valence-electron chi connectivity index (χ4n) is 3.63. The van der Waals surface area contributed by atoms with Crippen LogP contribution >= 0.6 is 0 Å². The van der Waals surface area contributed by atoms with Crippen molar-refractivity contribution >= 4 is 22.6 Å². The van der Waals surface area contributed by atoms with Crippen molar-refractivity contribution in [3.8, 4) is 6.07 Å². The third-order valence-electron chi connectivity index (χ3n) is 5.34. The van der Waals surface area contributed by atoms with Gasteiger partial charge in [-0.25, -0.2) is 0 Å². The van der Waals surface area contributed by atoms with Gasteiger partial charge in [0.1, 0.15) is 23.2 Å². The van der Waals surface area contributed by atoms with E-state index in [1.165, 1.54) is 0 Å². The van der Waals surface area contributed by atoms with Crippen LogP contribution in [0.5, 0.6) is 0 Å². The van der Waals surface area contributed by atoms with Crippen LogP contribution in [0.3, 0.4) is 0 Å². The number of nitrogens with zero attached hydrogens (tertiary/aromatic N) is 4. The minimum absolute atomic E-state index is 0.0294. The monoisotopic (exact) mass is 351 g/mol. The van der Waals surface area contributed by atoms with E-state index in [0.717, 1.165) is 25.1 Å². The highest BCUT2D eigenvalue weighted by Crippen LogP contribution is 2.33. The van der Waals surface area contributed by atoms with Crippen LogP contribution in [0.15, 0.2) is 24.5 Å². The summed E-state index contributed by atoms with van der Waals surface area (Å²) in [4.78, 5) is 23.1. The van der Waals surface area contributed by atoms with Gasteiger partial charge in [0.15, 0.2) is 0 Å². The van der Waals surface area contributed by atoms with Gasteiger partial charge in [-0.1, -0.05) is 6.92 Å². The third-order valence-corrected chi connectivity index (χ3v) is 5.34. The summed E-state index contributed by atoms with van der Waals surface area (Å²) in [5.74, 6) is 0.101. The molecule has 1 saturated heterocycles. The Morgan fingerprint density at radius 1 is 1.31 bits per heavy atom. The highest BCUT2D eigenvalue weighted by atomic mass is 16.3. The zero-order valence-electron chi connectivity index (χ0n) is 14.6. The van der Waals surface area contributed by atoms with Gasteiger partial charge in [-0.2, -0.15) is 5.26 Å². The number of fused-ring (bicyclic) bond motifs is 1. The standard InChI is InChI=1S/C19H21N5O2/c1-11-9-24(10-14(11)23-19(26)18(25)12-2-3-12)15-5-4-13(8-20)16-17(15)22-7-6-21-16/h4-7,11-12,14,18,25H,2-3,9-10H2,1H3,(H,23,26). The second-order valence-corrected chi connectivity index (χ2v) is 7.28. The molecule has 4 rings (SSSR count). The molecule has 1 aromatic heterocycles. The topological polar surface area (TPSA) is 102 Å². The molecule has 2 N–H and O–H groups in total. The Kier molecular flexibility index (Phi) is 4.21. The number of hydrogen-bond donors (Lipinski definition) is 2. The molecule has 2 aromatic rings. The quantitative estimate of drug-likeness (QED) is 0.858. The molecule has 3 atom stereocenters. The number of rotatable bonds is 4. The summed E-state index contributed by atoms with van der Waals surface area (Å²) in [6.07, 6.45) is 4.17. The molecule has 2 fully saturated rings. The highest BCUT2D eigenvalue weighted by molar-refractivity contribution is 5.92. The van der Waals surface area contributed by atoms with Crippen LogP contribution in [0.4, 0.5) is 5.69 Å². The maximum Gasteiger partial charge on any atom is 0.249 e. The highest BCUT2D eigenvalue weighted by Gasteiger charge is 2.38. The molecular weight excluding hydrogens is 330 g/mol. The summed E-state index contributed by atoms with van der Waals surface area (Å²) in [5, 5.41) is 22.3. The fraction of sp³-hybridized carbons (Fsp3) is 0.474. The van der Waals surface area contributed by atoms with Gasteiger partial charge in [0, 0.05) is 25.5 Å². The van der Waals surface area contributed by atoms with E-state index >= 15 is 0 Å². The number of hydrogen-bond acceptors (Lipinski definition) is 6. The molecular formula is C19H21N5O2. The van der Waals surface area contributed by atoms with Crippen molar-refractivity contribution in [2.45, 2.75) is 31.9 Å². The molecule has 0 bridgehead atoms. The summed E-state index contributed by atoms with van der Waals surface area (Å²) < 4.78 is 0. The number of nitriles is 1. The average Bonchev–Trinajstić information content (AvgIpc) is 3.44. The second kappa shape index (κ2) is 6.54. The van der Waals surface area contributed by atoms with Gasteiger partial charge in [-0.15, -0.1) is 0 Å². The lowest BCUT2D eigenvalue weighted by Gasteiger charge is -2.21. The summed E-state index contributed by atoms with van der Waals surface area (Å²) in [7, 11) is 0. The van der Waals surface area contributed by atoms with E-state index in [9.17, 15) is 15.2 Å². The van der Waals surface area contributed by atoms with Gasteiger partial charge in [0.05, 0.1) is 17.3 Å². The SMILES string of the molecule is CC1CN(c2ccc(C#N)c3nccnc23)CC1NC(=O)C(O)C1CC1. The summed E-state index contributed by atoms with van der Waals surface area (Å²) in [6, 6.07) is 5.78. The maximum atomic E-state index is 12.2. The predicted molar refractivity (Wildman–Crippen MR) is 96.3 cm³/mol. The summed E-state index contributed by atoms with van der Waals surface area (Å²) in [5.41, 5.74) is 2.71. The Bertz CT molecular complexity index is 889. The molecule has 1 saturated carbocycles. The minimum Gasteiger partial charge on any atom is -0.383 e. The molecule has 3 unspecified atom stereocenters. The maximum absolute atomic E-state index is 12.2. The summed E-state index contributed by atoms with van der Waals surface area (Å²) in [6.45, 7) is 3.50. The zero-order valence-corrected chi connectivity index (χ0v) is 14.6. The first kappa shape index (κ1) is 16.7. The zero-order chi connectivity index (χ0) is 18.3. The number of anilines is 1. The minimum atomic E-state index is -0.891. The number of aliphatic hydroxyl groups excluding tert-OH is 1. The molecule has 1 aliphatic heterocycles. The van der Waals surface area contributed by atoms with Crippen LogP contribution in [0.2, 0.25) is 0 Å². The molecule has 1 amide bonds. The van der Waals surface area contributed by atoms with Crippen molar-refractivity contribution in [1.82, 2.24) is 15.3 Å². The van der Waals surface area contributed by atoms with E-state index in [-0.39, 0.29) is 23.8 Å². The van der Waals surface area contributed by atoms with E-state index in [4.69, 9.17) is 0 Å². The Hall–Kier alpha value is -2.72. The van der Waals surface area contributed by atoms with Crippen molar-refractivity contribution in [1.29, 1.82) is 5.26 Å². The van der Waals surface area contributed by atoms with Crippen LogP contribution < -0.4 is 10.2 Å². The first-order chi connectivity index (χ1) is 12.6. The number of amides is 1. The molecule has 7 nitrogen and oxygen atoms in total. The molecule has 2 aliphatic rings. The molecule has 2 heterocycles. The number of carbonyl (C=O) groups excluding carboxylic acids is 1. The second-order valence-electron chi connectivity index (χ2n) is 7.28. The third kappa shape index (κ3) is 2.97. The summed E-state index contributed by atoms with van der Waals surface area (Å²) >= 11 is 0. The van der Waals surface area contributed by atoms with Crippen molar-refractivity contribution in [2.24, 2.45) is 11.8 Å². The Morgan fingerprint density at radius 2 is 2.04 bits per heavy atom. The van der Waals surface area contributed by atoms with E-state index in [1.54, 1.807) is 18.5 Å². The first-order valence-corrected chi connectivity index (χ1v) is 8.95. The van der Waals surface area contributed by atoms with Gasteiger partial charge in [-0.05, 0) is 36.8 Å². The lowest BCUT2D eigenvalue weighted by molar-refractivity contribution is -0.131. The molecule has 1 aromatic carbocycles. The lowest BCUT2D eigenvalue weighted by Crippen LogP contribution is -2.45. The molecule has 134 valence electrons. The van der Waals surface area contributed by atoms with E-state index in [0.29, 0.717) is 23.1 Å². The van der Waals surface area contributed by atoms with Crippen LogP contribution in [0.25, 0.3) is 11.0 Å². The van der Waals surface area contributed by atoms with Crippen LogP contribution in [0, 0.1) is 23.2 Å². The molecule has 1 aliphatic carbocycles. The van der Waals surface area contributed by atoms with Gasteiger partial charge in [0.25, 0.3) is 0 Å². The molecule has 26 heavy (non-hydrogen) atoms. The van der Waals surface area contributed by atoms with Crippen LogP contribution in [-0.2, 0) is 4.79 Å². The van der Waals surface area contributed by atoms with Gasteiger partial charge >= 0.3 is 0 Å². The first-order valence-electron chi connectivity index (χ1n) is 8.95. The normalized spacial score (nSPS) is 23.7. The van der Waals surface area contributed by atoms with Crippen molar-refractivity contribution in [2.75, 3.05) is 18.0 Å². The van der Waals surface area contributed by atoms with Crippen molar-refractivity contribution < 1.29 is 9.90 Å². The van der Waals surface area contributed by atoms with Gasteiger partial charge in [0.2, 0.25) is 5.91 Å². The fourth-order valence-corrected chi connectivity index (χ4v) is 3.63. The van der Waals surface area contributed by atoms with E-state index in [2.05, 4.69) is 33.2 Å². The van der Waals surface area contributed by atoms with Crippen molar-refractivity contribution in [3.05, 3.63) is 30.1 Å². The van der Waals surface area contributed by atoms with E-state index < -0.39 is 6.10 Å². The molecule has 0 radical (unpaired) electrons. The van der Waals surface area contributed by atoms with E-state index in [1.807, 2.05) is 6.07 Å². The lowest BCUT2D eigenvalue weighted by atomic mass is 10.1. The Balaban J connectivity index is 1.55.